The summed E-state index contributed by atoms with van der Waals surface area (Å²) in [5.74, 6) is 1.31. The van der Waals surface area contributed by atoms with Crippen LogP contribution in [0.15, 0.2) is 51.7 Å². The van der Waals surface area contributed by atoms with E-state index in [0.717, 1.165) is 5.56 Å². The van der Waals surface area contributed by atoms with E-state index < -0.39 is 0 Å². The van der Waals surface area contributed by atoms with E-state index in [1.165, 1.54) is 21.3 Å². The van der Waals surface area contributed by atoms with Crippen LogP contribution in [0.5, 0.6) is 17.2 Å². The van der Waals surface area contributed by atoms with Gasteiger partial charge in [-0.25, -0.2) is 0 Å². The maximum absolute atomic E-state index is 12.9. The van der Waals surface area contributed by atoms with Crippen LogP contribution in [0, 0.1) is 0 Å². The van der Waals surface area contributed by atoms with Crippen molar-refractivity contribution >= 4 is 11.0 Å². The summed E-state index contributed by atoms with van der Waals surface area (Å²) in [5.41, 5.74) is 0.869. The Bertz CT molecular complexity index is 899. The number of ether oxygens (including phenoxy) is 3. The molecule has 1 aromatic heterocycles. The summed E-state index contributed by atoms with van der Waals surface area (Å²) in [5, 5.41) is 0.295. The predicted molar refractivity (Wildman–Crippen MR) is 91.2 cm³/mol. The van der Waals surface area contributed by atoms with Crippen LogP contribution < -0.4 is 19.6 Å². The molecule has 0 amide bonds. The zero-order valence-electron chi connectivity index (χ0n) is 13.6. The second-order valence-corrected chi connectivity index (χ2v) is 4.83. The Labute approximate surface area is 138 Å². The van der Waals surface area contributed by atoms with Crippen LogP contribution in [0.2, 0.25) is 0 Å². The Kier molecular flexibility index (Phi) is 5.11. The molecule has 0 fully saturated rings. The van der Waals surface area contributed by atoms with Crippen molar-refractivity contribution in [3.05, 3.63) is 52.7 Å². The molecule has 0 spiro atoms. The van der Waals surface area contributed by atoms with Gasteiger partial charge in [0.25, 0.3) is 0 Å². The third-order valence-corrected chi connectivity index (χ3v) is 3.60. The Hall–Kier alpha value is -2.99. The van der Waals surface area contributed by atoms with Crippen molar-refractivity contribution in [1.29, 1.82) is 0 Å². The average molecular weight is 330 g/mol. The highest BCUT2D eigenvalue weighted by Gasteiger charge is 2.21. The van der Waals surface area contributed by atoms with Crippen molar-refractivity contribution in [1.82, 2.24) is 0 Å². The molecule has 6 nitrogen and oxygen atoms in total. The number of fused-ring (bicyclic) bond motifs is 1. The number of rotatable bonds is 4. The number of benzene rings is 2. The summed E-state index contributed by atoms with van der Waals surface area (Å²) in [4.78, 5) is 12.9. The lowest BCUT2D eigenvalue weighted by Gasteiger charge is -2.13. The summed E-state index contributed by atoms with van der Waals surface area (Å²) in [6.45, 7) is 0. The summed E-state index contributed by atoms with van der Waals surface area (Å²) in [7, 11) is 4.44. The number of methoxy groups -OCH3 is 3. The van der Waals surface area contributed by atoms with Crippen LogP contribution in [-0.4, -0.2) is 26.8 Å². The maximum atomic E-state index is 12.9. The monoisotopic (exact) mass is 330 g/mol. The van der Waals surface area contributed by atoms with Gasteiger partial charge < -0.3 is 24.1 Å². The molecule has 3 aromatic rings. The molecule has 0 unspecified atom stereocenters. The molecule has 0 aliphatic heterocycles. The van der Waals surface area contributed by atoms with Crippen molar-refractivity contribution in [2.24, 2.45) is 0 Å². The minimum absolute atomic E-state index is 0. The van der Waals surface area contributed by atoms with Crippen molar-refractivity contribution in [3.63, 3.8) is 0 Å². The molecule has 0 radical (unpaired) electrons. The topological polar surface area (TPSA) is 89.4 Å². The third kappa shape index (κ3) is 2.68. The fourth-order valence-corrected chi connectivity index (χ4v) is 2.55. The molecule has 24 heavy (non-hydrogen) atoms. The molecule has 0 aliphatic carbocycles. The first kappa shape index (κ1) is 17.4. The molecular formula is C18H18O6. The first-order chi connectivity index (χ1) is 11.2. The lowest BCUT2D eigenvalue weighted by atomic mass is 10.1. The van der Waals surface area contributed by atoms with Gasteiger partial charge in [0.1, 0.15) is 11.0 Å². The summed E-state index contributed by atoms with van der Waals surface area (Å²) >= 11 is 0. The molecule has 126 valence electrons. The van der Waals surface area contributed by atoms with Crippen LogP contribution in [0.4, 0.5) is 0 Å². The van der Waals surface area contributed by atoms with Crippen LogP contribution in [0.3, 0.4) is 0 Å². The fraction of sp³-hybridized carbons (Fsp3) is 0.167. The van der Waals surface area contributed by atoms with E-state index >= 15 is 0 Å². The van der Waals surface area contributed by atoms with Crippen molar-refractivity contribution in [2.45, 2.75) is 0 Å². The van der Waals surface area contributed by atoms with Gasteiger partial charge in [-0.05, 0) is 12.1 Å². The van der Waals surface area contributed by atoms with Gasteiger partial charge in [-0.2, -0.15) is 0 Å². The Morgan fingerprint density at radius 3 is 2.08 bits per heavy atom. The van der Waals surface area contributed by atoms with E-state index in [-0.39, 0.29) is 16.7 Å². The summed E-state index contributed by atoms with van der Waals surface area (Å²) < 4.78 is 21.8. The molecule has 1 heterocycles. The van der Waals surface area contributed by atoms with E-state index in [9.17, 15) is 4.79 Å². The molecular weight excluding hydrogens is 312 g/mol. The Balaban J connectivity index is 0.00000208. The third-order valence-electron chi connectivity index (χ3n) is 3.60. The second kappa shape index (κ2) is 7.06. The Morgan fingerprint density at radius 1 is 0.833 bits per heavy atom. The number of hydrogen-bond acceptors (Lipinski definition) is 5. The smallest absolute Gasteiger partial charge is 0.239 e. The van der Waals surface area contributed by atoms with Gasteiger partial charge in [0.15, 0.2) is 17.3 Å². The van der Waals surface area contributed by atoms with Gasteiger partial charge in [0, 0.05) is 5.56 Å². The lowest BCUT2D eigenvalue weighted by Crippen LogP contribution is -2.09. The Morgan fingerprint density at radius 2 is 1.50 bits per heavy atom. The second-order valence-electron chi connectivity index (χ2n) is 4.83. The van der Waals surface area contributed by atoms with Gasteiger partial charge in [0.05, 0.1) is 21.3 Å². The standard InChI is InChI=1S/C18H16O5.H2O/c1-20-13-10-9-12-14(17(13)21-2)15(19)18(22-3)16(23-12)11-7-5-4-6-8-11;/h4-10H,1-3H3;1H2. The van der Waals surface area contributed by atoms with Gasteiger partial charge in [-0.3, -0.25) is 4.79 Å². The van der Waals surface area contributed by atoms with Gasteiger partial charge in [0.2, 0.25) is 11.2 Å². The molecule has 0 saturated carbocycles. The van der Waals surface area contributed by atoms with E-state index in [1.54, 1.807) is 12.1 Å². The SMILES string of the molecule is COc1ccc2oc(-c3ccccc3)c(OC)c(=O)c2c1OC.O. The van der Waals surface area contributed by atoms with Crippen molar-refractivity contribution in [2.75, 3.05) is 21.3 Å². The van der Waals surface area contributed by atoms with E-state index in [4.69, 9.17) is 18.6 Å². The molecule has 2 aromatic carbocycles. The minimum atomic E-state index is -0.302. The quantitative estimate of drug-likeness (QED) is 0.733. The normalized spacial score (nSPS) is 10.1. The molecule has 0 atom stereocenters. The first-order valence-electron chi connectivity index (χ1n) is 7.02. The van der Waals surface area contributed by atoms with Crippen LogP contribution in [-0.2, 0) is 0 Å². The molecule has 6 heteroatoms. The predicted octanol–water partition coefficient (Wildman–Crippen LogP) is 2.66. The first-order valence-corrected chi connectivity index (χ1v) is 7.02. The minimum Gasteiger partial charge on any atom is -0.493 e. The highest BCUT2D eigenvalue weighted by molar-refractivity contribution is 5.89. The summed E-state index contributed by atoms with van der Waals surface area (Å²) in [6, 6.07) is 12.7. The van der Waals surface area contributed by atoms with E-state index in [0.29, 0.717) is 28.2 Å². The largest absolute Gasteiger partial charge is 0.493 e. The highest BCUT2D eigenvalue weighted by atomic mass is 16.5. The van der Waals surface area contributed by atoms with E-state index in [1.807, 2.05) is 30.3 Å². The number of hydrogen-bond donors (Lipinski definition) is 0. The molecule has 0 aliphatic rings. The van der Waals surface area contributed by atoms with Crippen LogP contribution in [0.1, 0.15) is 0 Å². The lowest BCUT2D eigenvalue weighted by molar-refractivity contribution is 0.356. The molecule has 2 N–H and O–H groups in total. The fourth-order valence-electron chi connectivity index (χ4n) is 2.55. The van der Waals surface area contributed by atoms with Gasteiger partial charge in [-0.1, -0.05) is 30.3 Å². The summed E-state index contributed by atoms with van der Waals surface area (Å²) in [6.07, 6.45) is 0. The zero-order valence-corrected chi connectivity index (χ0v) is 13.6. The van der Waals surface area contributed by atoms with Crippen LogP contribution in [0.25, 0.3) is 22.3 Å². The van der Waals surface area contributed by atoms with Gasteiger partial charge >= 0.3 is 0 Å². The van der Waals surface area contributed by atoms with Gasteiger partial charge in [-0.15, -0.1) is 0 Å². The zero-order chi connectivity index (χ0) is 16.4. The van der Waals surface area contributed by atoms with Crippen molar-refractivity contribution < 1.29 is 24.1 Å². The van der Waals surface area contributed by atoms with Crippen molar-refractivity contribution in [3.8, 4) is 28.6 Å². The van der Waals surface area contributed by atoms with E-state index in [2.05, 4.69) is 0 Å². The molecule has 0 saturated heterocycles. The van der Waals surface area contributed by atoms with Crippen LogP contribution >= 0.6 is 0 Å². The maximum Gasteiger partial charge on any atom is 0.239 e. The highest BCUT2D eigenvalue weighted by Crippen LogP contribution is 2.38. The average Bonchev–Trinajstić information content (AvgIpc) is 2.61. The molecule has 3 rings (SSSR count). The molecule has 0 bridgehead atoms.